The highest BCUT2D eigenvalue weighted by Crippen LogP contribution is 2.31. The van der Waals surface area contributed by atoms with E-state index in [1.807, 2.05) is 0 Å². The first-order chi connectivity index (χ1) is 9.97. The molecule has 0 amide bonds. The van der Waals surface area contributed by atoms with Gasteiger partial charge in [0.15, 0.2) is 0 Å². The Morgan fingerprint density at radius 3 is 2.76 bits per heavy atom. The molecule has 0 bridgehead atoms. The average Bonchev–Trinajstić information content (AvgIpc) is 2.84. The zero-order chi connectivity index (χ0) is 15.0. The van der Waals surface area contributed by atoms with E-state index in [-0.39, 0.29) is 22.8 Å². The summed E-state index contributed by atoms with van der Waals surface area (Å²) in [5, 5.41) is 4.53. The van der Waals surface area contributed by atoms with Gasteiger partial charge in [0.25, 0.3) is 0 Å². The van der Waals surface area contributed by atoms with Gasteiger partial charge in [-0.05, 0) is 36.9 Å². The van der Waals surface area contributed by atoms with Gasteiger partial charge in [-0.25, -0.2) is 18.4 Å². The van der Waals surface area contributed by atoms with Gasteiger partial charge in [-0.3, -0.25) is 0 Å². The Labute approximate surface area is 132 Å². The fourth-order valence-electron chi connectivity index (χ4n) is 2.46. The fraction of sp³-hybridized carbons (Fsp3) is 0.538. The maximum Gasteiger partial charge on any atom is 0.225 e. The van der Waals surface area contributed by atoms with Crippen LogP contribution in [0.5, 0.6) is 0 Å². The molecule has 2 aromatic heterocycles. The summed E-state index contributed by atoms with van der Waals surface area (Å²) in [5.74, 6) is 1.18. The van der Waals surface area contributed by atoms with Crippen LogP contribution in [0.1, 0.15) is 24.6 Å². The Morgan fingerprint density at radius 2 is 2.10 bits per heavy atom. The number of fused-ring (bicyclic) bond motifs is 1. The van der Waals surface area contributed by atoms with Crippen LogP contribution in [-0.2, 0) is 16.3 Å². The Bertz CT molecular complexity index is 759. The van der Waals surface area contributed by atoms with Crippen LogP contribution in [0.2, 0.25) is 5.28 Å². The van der Waals surface area contributed by atoms with Crippen LogP contribution in [0.25, 0.3) is 10.2 Å². The second kappa shape index (κ2) is 5.70. The van der Waals surface area contributed by atoms with Gasteiger partial charge in [-0.15, -0.1) is 11.3 Å². The van der Waals surface area contributed by atoms with Gasteiger partial charge in [0.2, 0.25) is 5.28 Å². The fourth-order valence-corrected chi connectivity index (χ4v) is 5.13. The third-order valence-corrected chi connectivity index (χ3v) is 6.72. The first kappa shape index (κ1) is 15.0. The molecule has 21 heavy (non-hydrogen) atoms. The van der Waals surface area contributed by atoms with Gasteiger partial charge >= 0.3 is 0 Å². The normalized spacial score (nSPS) is 19.0. The molecule has 8 heteroatoms. The van der Waals surface area contributed by atoms with Gasteiger partial charge in [-0.1, -0.05) is 6.92 Å². The maximum absolute atomic E-state index is 11.5. The average molecular weight is 346 g/mol. The predicted molar refractivity (Wildman–Crippen MR) is 87.1 cm³/mol. The minimum atomic E-state index is -2.86. The summed E-state index contributed by atoms with van der Waals surface area (Å²) in [6.07, 6.45) is 2.16. The summed E-state index contributed by atoms with van der Waals surface area (Å²) in [5.41, 5.74) is 0. The Kier molecular flexibility index (Phi) is 4.07. The van der Waals surface area contributed by atoms with E-state index in [9.17, 15) is 8.42 Å². The molecule has 0 aliphatic carbocycles. The maximum atomic E-state index is 11.5. The van der Waals surface area contributed by atoms with Crippen LogP contribution in [0.3, 0.4) is 0 Å². The molecule has 0 unspecified atom stereocenters. The molecule has 3 heterocycles. The first-order valence-corrected chi connectivity index (χ1v) is 9.91. The van der Waals surface area contributed by atoms with Crippen molar-refractivity contribution in [3.05, 3.63) is 16.2 Å². The number of aryl methyl sites for hydroxylation is 1. The molecule has 3 rings (SSSR count). The molecular weight excluding hydrogens is 330 g/mol. The summed E-state index contributed by atoms with van der Waals surface area (Å²) in [6.45, 7) is 2.10. The zero-order valence-electron chi connectivity index (χ0n) is 11.6. The number of aromatic nitrogens is 2. The number of rotatable bonds is 3. The molecule has 2 aromatic rings. The standard InChI is InChI=1S/C13H16ClN3O2S2/c1-2-9-7-10-11(16-13(14)17-12(10)20-9)15-8-3-5-21(18,19)6-4-8/h7-8H,2-6H2,1H3,(H,15,16,17). The number of halogens is 1. The van der Waals surface area contributed by atoms with Crippen LogP contribution in [0, 0.1) is 0 Å². The Balaban J connectivity index is 1.88. The minimum Gasteiger partial charge on any atom is -0.367 e. The van der Waals surface area contributed by atoms with E-state index in [4.69, 9.17) is 11.6 Å². The van der Waals surface area contributed by atoms with Gasteiger partial charge in [-0.2, -0.15) is 0 Å². The summed E-state index contributed by atoms with van der Waals surface area (Å²) in [6, 6.07) is 2.20. The highest BCUT2D eigenvalue weighted by molar-refractivity contribution is 7.91. The summed E-state index contributed by atoms with van der Waals surface area (Å²) >= 11 is 7.60. The molecule has 0 aromatic carbocycles. The molecule has 1 aliphatic heterocycles. The molecule has 0 atom stereocenters. The SMILES string of the molecule is CCc1cc2c(NC3CCS(=O)(=O)CC3)nc(Cl)nc2s1. The number of hydrogen-bond donors (Lipinski definition) is 1. The van der Waals surface area contributed by atoms with Crippen molar-refractivity contribution >= 4 is 48.8 Å². The van der Waals surface area contributed by atoms with E-state index in [0.29, 0.717) is 18.7 Å². The largest absolute Gasteiger partial charge is 0.367 e. The number of anilines is 1. The molecule has 1 N–H and O–H groups in total. The topological polar surface area (TPSA) is 72.0 Å². The van der Waals surface area contributed by atoms with Crippen molar-refractivity contribution in [2.75, 3.05) is 16.8 Å². The zero-order valence-corrected chi connectivity index (χ0v) is 14.0. The van der Waals surface area contributed by atoms with Crippen LogP contribution >= 0.6 is 22.9 Å². The van der Waals surface area contributed by atoms with Crippen molar-refractivity contribution in [1.82, 2.24) is 9.97 Å². The Morgan fingerprint density at radius 1 is 1.38 bits per heavy atom. The molecule has 0 saturated carbocycles. The van der Waals surface area contributed by atoms with E-state index in [1.165, 1.54) is 4.88 Å². The van der Waals surface area contributed by atoms with Crippen LogP contribution in [-0.4, -0.2) is 35.9 Å². The molecule has 5 nitrogen and oxygen atoms in total. The highest BCUT2D eigenvalue weighted by atomic mass is 35.5. The lowest BCUT2D eigenvalue weighted by Crippen LogP contribution is -2.32. The van der Waals surface area contributed by atoms with Crippen molar-refractivity contribution < 1.29 is 8.42 Å². The first-order valence-electron chi connectivity index (χ1n) is 6.90. The number of nitrogens with one attached hydrogen (secondary N) is 1. The van der Waals surface area contributed by atoms with Crippen LogP contribution in [0.4, 0.5) is 5.82 Å². The van der Waals surface area contributed by atoms with E-state index >= 15 is 0 Å². The second-order valence-electron chi connectivity index (χ2n) is 5.20. The molecule has 0 spiro atoms. The van der Waals surface area contributed by atoms with Gasteiger partial charge in [0.05, 0.1) is 16.9 Å². The predicted octanol–water partition coefficient (Wildman–Crippen LogP) is 2.90. The molecule has 1 aliphatic rings. The molecule has 1 fully saturated rings. The summed E-state index contributed by atoms with van der Waals surface area (Å²) < 4.78 is 23.0. The van der Waals surface area contributed by atoms with Crippen LogP contribution < -0.4 is 5.32 Å². The van der Waals surface area contributed by atoms with Gasteiger partial charge in [0, 0.05) is 10.9 Å². The van der Waals surface area contributed by atoms with E-state index in [0.717, 1.165) is 16.6 Å². The smallest absolute Gasteiger partial charge is 0.225 e. The van der Waals surface area contributed by atoms with Crippen molar-refractivity contribution in [1.29, 1.82) is 0 Å². The molecule has 0 radical (unpaired) electrons. The second-order valence-corrected chi connectivity index (χ2v) is 8.95. The van der Waals surface area contributed by atoms with Gasteiger partial charge < -0.3 is 5.32 Å². The van der Waals surface area contributed by atoms with Crippen molar-refractivity contribution in [2.45, 2.75) is 32.2 Å². The number of sulfone groups is 1. The van der Waals surface area contributed by atoms with E-state index < -0.39 is 9.84 Å². The summed E-state index contributed by atoms with van der Waals surface area (Å²) in [4.78, 5) is 10.6. The lowest BCUT2D eigenvalue weighted by molar-refractivity contribution is 0.559. The third-order valence-electron chi connectivity index (χ3n) is 3.66. The number of thiophene rings is 1. The minimum absolute atomic E-state index is 0.118. The lowest BCUT2D eigenvalue weighted by Gasteiger charge is -2.23. The quantitative estimate of drug-likeness (QED) is 0.866. The highest BCUT2D eigenvalue weighted by Gasteiger charge is 2.24. The monoisotopic (exact) mass is 345 g/mol. The lowest BCUT2D eigenvalue weighted by atomic mass is 10.1. The van der Waals surface area contributed by atoms with E-state index in [2.05, 4.69) is 28.3 Å². The van der Waals surface area contributed by atoms with E-state index in [1.54, 1.807) is 11.3 Å². The Hall–Kier alpha value is -0.920. The third kappa shape index (κ3) is 3.30. The van der Waals surface area contributed by atoms with Crippen molar-refractivity contribution in [2.24, 2.45) is 0 Å². The number of hydrogen-bond acceptors (Lipinski definition) is 6. The summed E-state index contributed by atoms with van der Waals surface area (Å²) in [7, 11) is -2.86. The van der Waals surface area contributed by atoms with Crippen LogP contribution in [0.15, 0.2) is 6.07 Å². The van der Waals surface area contributed by atoms with Crippen molar-refractivity contribution in [3.8, 4) is 0 Å². The van der Waals surface area contributed by atoms with Crippen molar-refractivity contribution in [3.63, 3.8) is 0 Å². The molecule has 114 valence electrons. The number of nitrogens with zero attached hydrogens (tertiary/aromatic N) is 2. The van der Waals surface area contributed by atoms with Gasteiger partial charge in [0.1, 0.15) is 20.5 Å². The molecular formula is C13H16ClN3O2S2. The molecule has 1 saturated heterocycles.